The van der Waals surface area contributed by atoms with Gasteiger partial charge in [0, 0.05) is 18.2 Å². The van der Waals surface area contributed by atoms with Crippen molar-refractivity contribution in [2.24, 2.45) is 0 Å². The summed E-state index contributed by atoms with van der Waals surface area (Å²) in [6.07, 6.45) is 4.01. The molecule has 2 unspecified atom stereocenters. The molecule has 0 amide bonds. The second-order valence-corrected chi connectivity index (χ2v) is 6.56. The Morgan fingerprint density at radius 2 is 2.30 bits per heavy atom. The molecule has 23 heavy (non-hydrogen) atoms. The third-order valence-corrected chi connectivity index (χ3v) is 4.94. The largest absolute Gasteiger partial charge is 0.508 e. The molecule has 2 atom stereocenters. The number of fused-ring (bicyclic) bond motifs is 1. The summed E-state index contributed by atoms with van der Waals surface area (Å²) in [6, 6.07) is 4.56. The van der Waals surface area contributed by atoms with Gasteiger partial charge in [-0.2, -0.15) is 0 Å². The van der Waals surface area contributed by atoms with Crippen molar-refractivity contribution in [3.8, 4) is 5.75 Å². The van der Waals surface area contributed by atoms with E-state index in [-0.39, 0.29) is 0 Å². The normalized spacial score (nSPS) is 20.0. The minimum absolute atomic E-state index is 0.349. The Morgan fingerprint density at radius 1 is 1.48 bits per heavy atom. The van der Waals surface area contributed by atoms with Crippen LogP contribution in [-0.4, -0.2) is 41.0 Å². The van der Waals surface area contributed by atoms with Gasteiger partial charge in [0.05, 0.1) is 23.7 Å². The topological polar surface area (TPSA) is 59.3 Å². The van der Waals surface area contributed by atoms with Crippen LogP contribution < -0.4 is 5.32 Å². The van der Waals surface area contributed by atoms with Crippen molar-refractivity contribution < 1.29 is 9.84 Å². The van der Waals surface area contributed by atoms with Gasteiger partial charge < -0.3 is 19.7 Å². The van der Waals surface area contributed by atoms with Crippen LogP contribution in [0, 0.1) is 6.92 Å². The predicted octanol–water partition coefficient (Wildman–Crippen LogP) is 2.94. The van der Waals surface area contributed by atoms with E-state index in [9.17, 15) is 5.11 Å². The molecule has 1 aromatic heterocycles. The van der Waals surface area contributed by atoms with Crippen LogP contribution in [0.2, 0.25) is 0 Å². The molecule has 2 heterocycles. The molecule has 5 heteroatoms. The summed E-state index contributed by atoms with van der Waals surface area (Å²) in [4.78, 5) is 4.78. The van der Waals surface area contributed by atoms with Crippen molar-refractivity contribution in [2.75, 3.05) is 20.3 Å². The van der Waals surface area contributed by atoms with Gasteiger partial charge in [-0.1, -0.05) is 0 Å². The number of aromatic nitrogens is 2. The number of nitrogens with zero attached hydrogens (tertiary/aromatic N) is 2. The number of imidazole rings is 1. The number of hydrogen-bond acceptors (Lipinski definition) is 4. The zero-order chi connectivity index (χ0) is 16.4. The summed E-state index contributed by atoms with van der Waals surface area (Å²) in [6.45, 7) is 5.81. The number of phenolic OH excluding ortho intramolecular Hbond substituents is 1. The molecule has 2 N–H and O–H groups in total. The molecule has 0 bridgehead atoms. The van der Waals surface area contributed by atoms with Crippen molar-refractivity contribution in [3.05, 3.63) is 23.5 Å². The SMILES string of the molecule is CNC(C)CCc1c(O)ccc2c1nc(C)n2C1CCCOC1. The van der Waals surface area contributed by atoms with Crippen LogP contribution in [0.25, 0.3) is 11.0 Å². The Kier molecular flexibility index (Phi) is 4.87. The van der Waals surface area contributed by atoms with Gasteiger partial charge in [0.25, 0.3) is 0 Å². The van der Waals surface area contributed by atoms with Crippen LogP contribution in [0.1, 0.15) is 43.6 Å². The molecule has 1 aliphatic rings. The lowest BCUT2D eigenvalue weighted by Crippen LogP contribution is -2.22. The molecule has 126 valence electrons. The van der Waals surface area contributed by atoms with Crippen LogP contribution in [0.3, 0.4) is 0 Å². The molecule has 1 fully saturated rings. The minimum atomic E-state index is 0.349. The first-order valence-electron chi connectivity index (χ1n) is 8.56. The van der Waals surface area contributed by atoms with Gasteiger partial charge in [0.15, 0.2) is 0 Å². The van der Waals surface area contributed by atoms with Crippen molar-refractivity contribution in [1.82, 2.24) is 14.9 Å². The Bertz CT molecular complexity index is 674. The van der Waals surface area contributed by atoms with Gasteiger partial charge in [-0.15, -0.1) is 0 Å². The number of aryl methyl sites for hydroxylation is 2. The van der Waals surface area contributed by atoms with Crippen LogP contribution in [0.4, 0.5) is 0 Å². The van der Waals surface area contributed by atoms with Crippen LogP contribution in [0.5, 0.6) is 5.75 Å². The number of hydrogen-bond donors (Lipinski definition) is 2. The van der Waals surface area contributed by atoms with Gasteiger partial charge in [0.1, 0.15) is 11.6 Å². The highest BCUT2D eigenvalue weighted by atomic mass is 16.5. The molecule has 2 aromatic rings. The van der Waals surface area contributed by atoms with E-state index in [4.69, 9.17) is 9.72 Å². The third kappa shape index (κ3) is 3.21. The van der Waals surface area contributed by atoms with E-state index < -0.39 is 0 Å². The van der Waals surface area contributed by atoms with Crippen molar-refractivity contribution in [1.29, 1.82) is 0 Å². The minimum Gasteiger partial charge on any atom is -0.508 e. The highest BCUT2D eigenvalue weighted by molar-refractivity contribution is 5.82. The number of phenols is 1. The smallest absolute Gasteiger partial charge is 0.121 e. The maximum absolute atomic E-state index is 10.3. The monoisotopic (exact) mass is 317 g/mol. The molecule has 1 aliphatic heterocycles. The fourth-order valence-corrected chi connectivity index (χ4v) is 3.46. The van der Waals surface area contributed by atoms with Gasteiger partial charge in [-0.3, -0.25) is 0 Å². The van der Waals surface area contributed by atoms with Crippen LogP contribution in [0.15, 0.2) is 12.1 Å². The molecule has 0 saturated carbocycles. The lowest BCUT2D eigenvalue weighted by molar-refractivity contribution is 0.0598. The maximum Gasteiger partial charge on any atom is 0.121 e. The third-order valence-electron chi connectivity index (χ3n) is 4.94. The number of aromatic hydroxyl groups is 1. The fraction of sp³-hybridized carbons (Fsp3) is 0.611. The zero-order valence-corrected chi connectivity index (χ0v) is 14.3. The van der Waals surface area contributed by atoms with Gasteiger partial charge in [-0.05, 0) is 58.7 Å². The van der Waals surface area contributed by atoms with Gasteiger partial charge >= 0.3 is 0 Å². The Balaban J connectivity index is 1.99. The maximum atomic E-state index is 10.3. The summed E-state index contributed by atoms with van der Waals surface area (Å²) in [5.74, 6) is 1.36. The quantitative estimate of drug-likeness (QED) is 0.890. The predicted molar refractivity (Wildman–Crippen MR) is 92.1 cm³/mol. The molecule has 5 nitrogen and oxygen atoms in total. The van der Waals surface area contributed by atoms with Crippen molar-refractivity contribution >= 4 is 11.0 Å². The summed E-state index contributed by atoms with van der Waals surface area (Å²) in [5.41, 5.74) is 3.02. The number of benzene rings is 1. The first-order valence-corrected chi connectivity index (χ1v) is 8.56. The van der Waals surface area contributed by atoms with E-state index in [2.05, 4.69) is 16.8 Å². The molecule has 0 aliphatic carbocycles. The molecule has 1 saturated heterocycles. The first-order chi connectivity index (χ1) is 11.1. The first kappa shape index (κ1) is 16.3. The van der Waals surface area contributed by atoms with E-state index in [0.29, 0.717) is 17.8 Å². The number of ether oxygens (including phenoxy) is 1. The standard InChI is InChI=1S/C18H27N3O2/c1-12(19-3)6-7-15-17(22)9-8-16-18(15)20-13(2)21(16)14-5-4-10-23-11-14/h8-9,12,14,19,22H,4-7,10-11H2,1-3H3. The number of nitrogens with one attached hydrogen (secondary N) is 1. The Morgan fingerprint density at radius 3 is 3.00 bits per heavy atom. The van der Waals surface area contributed by atoms with E-state index in [1.807, 2.05) is 26.1 Å². The highest BCUT2D eigenvalue weighted by Gasteiger charge is 2.22. The molecule has 0 spiro atoms. The van der Waals surface area contributed by atoms with Gasteiger partial charge in [-0.25, -0.2) is 4.98 Å². The molecular weight excluding hydrogens is 290 g/mol. The second-order valence-electron chi connectivity index (χ2n) is 6.56. The fourth-order valence-electron chi connectivity index (χ4n) is 3.46. The van der Waals surface area contributed by atoms with Crippen molar-refractivity contribution in [2.45, 2.75) is 51.6 Å². The molecule has 1 aromatic carbocycles. The second kappa shape index (κ2) is 6.89. The summed E-state index contributed by atoms with van der Waals surface area (Å²) < 4.78 is 7.94. The molecule has 3 rings (SSSR count). The lowest BCUT2D eigenvalue weighted by Gasteiger charge is -2.25. The van der Waals surface area contributed by atoms with Crippen LogP contribution in [-0.2, 0) is 11.2 Å². The average Bonchev–Trinajstić information content (AvgIpc) is 2.90. The highest BCUT2D eigenvalue weighted by Crippen LogP contribution is 2.32. The van der Waals surface area contributed by atoms with E-state index in [1.54, 1.807) is 0 Å². The van der Waals surface area contributed by atoms with Crippen molar-refractivity contribution in [3.63, 3.8) is 0 Å². The Labute approximate surface area is 137 Å². The number of rotatable bonds is 5. The summed E-state index contributed by atoms with van der Waals surface area (Å²) >= 11 is 0. The van der Waals surface area contributed by atoms with E-state index >= 15 is 0 Å². The van der Waals surface area contributed by atoms with Gasteiger partial charge in [0.2, 0.25) is 0 Å². The molecular formula is C18H27N3O2. The lowest BCUT2D eigenvalue weighted by atomic mass is 10.0. The van der Waals surface area contributed by atoms with E-state index in [1.165, 1.54) is 0 Å². The molecule has 0 radical (unpaired) electrons. The average molecular weight is 317 g/mol. The Hall–Kier alpha value is -1.59. The van der Waals surface area contributed by atoms with Crippen LogP contribution >= 0.6 is 0 Å². The zero-order valence-electron chi connectivity index (χ0n) is 14.3. The summed E-state index contributed by atoms with van der Waals surface area (Å²) in [7, 11) is 1.97. The van der Waals surface area contributed by atoms with E-state index in [0.717, 1.165) is 61.3 Å². The summed E-state index contributed by atoms with van der Waals surface area (Å²) in [5, 5.41) is 13.6.